The van der Waals surface area contributed by atoms with Gasteiger partial charge in [0, 0.05) is 47.3 Å². The summed E-state index contributed by atoms with van der Waals surface area (Å²) in [5.41, 5.74) is 9.74. The van der Waals surface area contributed by atoms with E-state index in [1.165, 1.54) is 51.7 Å². The van der Waals surface area contributed by atoms with Crippen molar-refractivity contribution in [3.05, 3.63) is 150 Å². The molecule has 0 unspecified atom stereocenters. The van der Waals surface area contributed by atoms with E-state index in [-0.39, 0.29) is 10.8 Å². The summed E-state index contributed by atoms with van der Waals surface area (Å²) in [6.45, 7) is 7.58. The molecule has 0 radical (unpaired) electrons. The van der Waals surface area contributed by atoms with Gasteiger partial charge in [0.15, 0.2) is 0 Å². The van der Waals surface area contributed by atoms with Crippen molar-refractivity contribution in [3.8, 4) is 17.3 Å². The second-order valence-corrected chi connectivity index (χ2v) is 15.4. The number of anilines is 3. The Balaban J connectivity index is 1.15. The second kappa shape index (κ2) is 12.1. The van der Waals surface area contributed by atoms with Gasteiger partial charge in [-0.2, -0.15) is 0 Å². The van der Waals surface area contributed by atoms with E-state index in [1.807, 2.05) is 6.20 Å². The quantitative estimate of drug-likeness (QED) is 0.177. The maximum absolute atomic E-state index is 6.83. The molecule has 0 spiro atoms. The van der Waals surface area contributed by atoms with Gasteiger partial charge in [0.2, 0.25) is 0 Å². The monoisotopic (exact) mass is 668 g/mol. The fourth-order valence-corrected chi connectivity index (χ4v) is 8.55. The van der Waals surface area contributed by atoms with Crippen molar-refractivity contribution in [2.75, 3.05) is 23.5 Å². The lowest BCUT2D eigenvalue weighted by molar-refractivity contribution is 0.479. The standard InChI is InChI=1S/C46H44N4O/c1-45(2,3)34-26-35(49-31-48(4)41-18-10-11-19-42(41)49)29-37(27-34)51-36-20-21-39-38-16-8-9-17-40(38)50(43(39)30-36)44-28-33(22-25-47-44)46(23-12-13-24-46)32-14-6-5-7-15-32/h5-11,14-22,25-30H,12-13,23-24,31H2,1-4H3. The Hall–Kier alpha value is -5.55. The first-order valence-electron chi connectivity index (χ1n) is 18.3. The molecule has 2 aliphatic rings. The summed E-state index contributed by atoms with van der Waals surface area (Å²) in [6, 6.07) is 46.1. The van der Waals surface area contributed by atoms with Gasteiger partial charge in [-0.3, -0.25) is 4.57 Å². The van der Waals surface area contributed by atoms with Gasteiger partial charge in [0.25, 0.3) is 0 Å². The first-order chi connectivity index (χ1) is 24.8. The second-order valence-electron chi connectivity index (χ2n) is 15.4. The molecule has 0 amide bonds. The van der Waals surface area contributed by atoms with Crippen molar-refractivity contribution < 1.29 is 4.74 Å². The Morgan fingerprint density at radius 2 is 1.37 bits per heavy atom. The van der Waals surface area contributed by atoms with Crippen LogP contribution < -0.4 is 14.5 Å². The fraction of sp³-hybridized carbons (Fsp3) is 0.239. The van der Waals surface area contributed by atoms with Gasteiger partial charge < -0.3 is 14.5 Å². The number of benzene rings is 5. The minimum absolute atomic E-state index is 0.00637. The molecular formula is C46H44N4O. The van der Waals surface area contributed by atoms with Crippen LogP contribution in [0.25, 0.3) is 27.6 Å². The molecule has 9 rings (SSSR count). The van der Waals surface area contributed by atoms with Gasteiger partial charge >= 0.3 is 0 Å². The first kappa shape index (κ1) is 31.4. The average Bonchev–Trinajstić information content (AvgIpc) is 3.87. The molecule has 0 saturated heterocycles. The van der Waals surface area contributed by atoms with Gasteiger partial charge in [-0.1, -0.05) is 94.3 Å². The molecule has 1 saturated carbocycles. The normalized spacial score (nSPS) is 15.5. The molecular weight excluding hydrogens is 625 g/mol. The maximum atomic E-state index is 6.83. The molecule has 0 bridgehead atoms. The van der Waals surface area contributed by atoms with Gasteiger partial charge in [-0.25, -0.2) is 4.98 Å². The molecule has 2 aromatic heterocycles. The topological polar surface area (TPSA) is 33.5 Å². The zero-order chi connectivity index (χ0) is 34.7. The Labute approximate surface area is 300 Å². The number of hydrogen-bond donors (Lipinski definition) is 0. The number of fused-ring (bicyclic) bond motifs is 4. The van der Waals surface area contributed by atoms with E-state index < -0.39 is 0 Å². The molecule has 254 valence electrons. The highest BCUT2D eigenvalue weighted by atomic mass is 16.5. The molecule has 1 aliphatic heterocycles. The minimum atomic E-state index is -0.0528. The number of para-hydroxylation sites is 3. The lowest BCUT2D eigenvalue weighted by Crippen LogP contribution is -2.24. The lowest BCUT2D eigenvalue weighted by Gasteiger charge is -2.31. The van der Waals surface area contributed by atoms with Crippen LogP contribution in [0.4, 0.5) is 17.1 Å². The van der Waals surface area contributed by atoms with E-state index in [1.54, 1.807) is 0 Å². The van der Waals surface area contributed by atoms with Crippen LogP contribution in [-0.2, 0) is 10.8 Å². The molecule has 5 nitrogen and oxygen atoms in total. The number of hydrogen-bond acceptors (Lipinski definition) is 4. The van der Waals surface area contributed by atoms with E-state index in [9.17, 15) is 0 Å². The molecule has 5 aromatic carbocycles. The predicted molar refractivity (Wildman–Crippen MR) is 211 cm³/mol. The number of aromatic nitrogens is 2. The highest BCUT2D eigenvalue weighted by Crippen LogP contribution is 2.47. The smallest absolute Gasteiger partial charge is 0.137 e. The zero-order valence-electron chi connectivity index (χ0n) is 29.9. The summed E-state index contributed by atoms with van der Waals surface area (Å²) in [6.07, 6.45) is 6.78. The van der Waals surface area contributed by atoms with E-state index in [0.29, 0.717) is 0 Å². The van der Waals surface area contributed by atoms with Crippen LogP contribution in [0.3, 0.4) is 0 Å². The third kappa shape index (κ3) is 5.34. The Morgan fingerprint density at radius 1 is 0.647 bits per heavy atom. The molecule has 51 heavy (non-hydrogen) atoms. The van der Waals surface area contributed by atoms with Crippen molar-refractivity contribution in [2.45, 2.75) is 57.3 Å². The highest BCUT2D eigenvalue weighted by Gasteiger charge is 2.37. The van der Waals surface area contributed by atoms with E-state index in [4.69, 9.17) is 9.72 Å². The van der Waals surface area contributed by atoms with E-state index >= 15 is 0 Å². The largest absolute Gasteiger partial charge is 0.457 e. The van der Waals surface area contributed by atoms with Crippen molar-refractivity contribution >= 4 is 38.9 Å². The predicted octanol–water partition coefficient (Wildman–Crippen LogP) is 11.7. The van der Waals surface area contributed by atoms with Crippen molar-refractivity contribution in [1.29, 1.82) is 0 Å². The van der Waals surface area contributed by atoms with Crippen LogP contribution in [0, 0.1) is 0 Å². The molecule has 0 N–H and O–H groups in total. The maximum Gasteiger partial charge on any atom is 0.137 e. The summed E-state index contributed by atoms with van der Waals surface area (Å²) >= 11 is 0. The van der Waals surface area contributed by atoms with Crippen molar-refractivity contribution in [2.24, 2.45) is 0 Å². The van der Waals surface area contributed by atoms with Gasteiger partial charge in [0.1, 0.15) is 17.3 Å². The first-order valence-corrected chi connectivity index (χ1v) is 18.3. The zero-order valence-corrected chi connectivity index (χ0v) is 29.9. The summed E-state index contributed by atoms with van der Waals surface area (Å²) in [5, 5.41) is 2.39. The Kier molecular flexibility index (Phi) is 7.43. The van der Waals surface area contributed by atoms with Gasteiger partial charge in [-0.05, 0) is 89.5 Å². The van der Waals surface area contributed by atoms with Crippen molar-refractivity contribution in [3.63, 3.8) is 0 Å². The van der Waals surface area contributed by atoms with Crippen LogP contribution in [0.1, 0.15) is 63.1 Å². The van der Waals surface area contributed by atoms with Crippen LogP contribution >= 0.6 is 0 Å². The fourth-order valence-electron chi connectivity index (χ4n) is 8.55. The molecule has 5 heteroatoms. The third-order valence-corrected chi connectivity index (χ3v) is 11.2. The van der Waals surface area contributed by atoms with Crippen LogP contribution in [-0.4, -0.2) is 23.3 Å². The molecule has 0 atom stereocenters. The number of nitrogens with zero attached hydrogens (tertiary/aromatic N) is 4. The molecule has 1 fully saturated rings. The van der Waals surface area contributed by atoms with E-state index in [0.717, 1.165) is 53.5 Å². The number of pyridine rings is 1. The average molecular weight is 669 g/mol. The van der Waals surface area contributed by atoms with Crippen molar-refractivity contribution in [1.82, 2.24) is 9.55 Å². The van der Waals surface area contributed by atoms with Crippen LogP contribution in [0.5, 0.6) is 11.5 Å². The third-order valence-electron chi connectivity index (χ3n) is 11.2. The lowest BCUT2D eigenvalue weighted by atomic mass is 9.73. The molecule has 3 heterocycles. The van der Waals surface area contributed by atoms with E-state index in [2.05, 4.69) is 170 Å². The SMILES string of the molecule is CN1CN(c2cc(Oc3ccc4c5ccccc5n(-c5cc(C6(c7ccccc7)CCCC6)ccn5)c4c3)cc(C(C)(C)C)c2)c2ccccc21. The molecule has 7 aromatic rings. The summed E-state index contributed by atoms with van der Waals surface area (Å²) in [4.78, 5) is 9.70. The van der Waals surface area contributed by atoms with Crippen LogP contribution in [0.2, 0.25) is 0 Å². The molecule has 1 aliphatic carbocycles. The Bertz CT molecular complexity index is 2400. The highest BCUT2D eigenvalue weighted by molar-refractivity contribution is 6.09. The van der Waals surface area contributed by atoms with Gasteiger partial charge in [0.05, 0.1) is 29.1 Å². The Morgan fingerprint density at radius 3 is 2.18 bits per heavy atom. The summed E-state index contributed by atoms with van der Waals surface area (Å²) in [7, 11) is 2.15. The minimum Gasteiger partial charge on any atom is -0.457 e. The summed E-state index contributed by atoms with van der Waals surface area (Å²) in [5.74, 6) is 2.57. The number of rotatable bonds is 6. The number of ether oxygens (including phenoxy) is 1. The summed E-state index contributed by atoms with van der Waals surface area (Å²) < 4.78 is 9.15. The van der Waals surface area contributed by atoms with Crippen LogP contribution in [0.15, 0.2) is 134 Å². The van der Waals surface area contributed by atoms with Gasteiger partial charge in [-0.15, -0.1) is 0 Å².